The fourth-order valence-electron chi connectivity index (χ4n) is 2.26. The summed E-state index contributed by atoms with van der Waals surface area (Å²) in [6, 6.07) is 2.89. The second-order valence-electron chi connectivity index (χ2n) is 5.36. The van der Waals surface area contributed by atoms with Gasteiger partial charge in [0, 0.05) is 18.2 Å². The summed E-state index contributed by atoms with van der Waals surface area (Å²) in [5.74, 6) is 4.79. The molecule has 0 bridgehead atoms. The van der Waals surface area contributed by atoms with E-state index in [0.717, 1.165) is 37.6 Å². The molecule has 1 N–H and O–H groups in total. The van der Waals surface area contributed by atoms with Crippen LogP contribution in [-0.4, -0.2) is 24.0 Å². The van der Waals surface area contributed by atoms with Crippen molar-refractivity contribution in [1.29, 1.82) is 0 Å². The lowest BCUT2D eigenvalue weighted by Gasteiger charge is -2.18. The zero-order valence-corrected chi connectivity index (χ0v) is 12.0. The fraction of sp³-hybridized carbons (Fsp3) is 0.625. The maximum Gasteiger partial charge on any atom is 0.118 e. The van der Waals surface area contributed by atoms with Gasteiger partial charge in [0.05, 0.1) is 13.1 Å². The molecule has 104 valence electrons. The third-order valence-corrected chi connectivity index (χ3v) is 3.46. The smallest absolute Gasteiger partial charge is 0.118 e. The Balaban J connectivity index is 1.92. The quantitative estimate of drug-likeness (QED) is 0.728. The summed E-state index contributed by atoms with van der Waals surface area (Å²) in [5, 5.41) is 3.48. The molecule has 1 aromatic rings. The van der Waals surface area contributed by atoms with Crippen molar-refractivity contribution in [2.24, 2.45) is 0 Å². The van der Waals surface area contributed by atoms with Crippen molar-refractivity contribution in [3.8, 4) is 12.3 Å². The molecule has 0 amide bonds. The molecule has 3 nitrogen and oxygen atoms in total. The fourth-order valence-corrected chi connectivity index (χ4v) is 2.26. The molecule has 0 aromatic carbocycles. The van der Waals surface area contributed by atoms with Crippen molar-refractivity contribution in [2.75, 3.05) is 13.1 Å². The number of hydrogen-bond donors (Lipinski definition) is 1. The maximum atomic E-state index is 5.81. The molecule has 0 spiro atoms. The predicted molar refractivity (Wildman–Crippen MR) is 77.7 cm³/mol. The minimum absolute atomic E-state index is 0.702. The third kappa shape index (κ3) is 4.41. The van der Waals surface area contributed by atoms with Crippen molar-refractivity contribution in [3.63, 3.8) is 0 Å². The Bertz CT molecular complexity index is 440. The summed E-state index contributed by atoms with van der Waals surface area (Å²) in [6.45, 7) is 7.68. The Morgan fingerprint density at radius 2 is 2.32 bits per heavy atom. The Labute approximate surface area is 116 Å². The molecule has 0 radical (unpaired) electrons. The number of furan rings is 1. The van der Waals surface area contributed by atoms with Crippen molar-refractivity contribution in [1.82, 2.24) is 10.2 Å². The SMILES string of the molecule is C#CCN(CCC)Cc1cc(CNC2CC2)oc1C. The highest BCUT2D eigenvalue weighted by molar-refractivity contribution is 5.21. The number of nitrogens with zero attached hydrogens (tertiary/aromatic N) is 1. The van der Waals surface area contributed by atoms with Crippen LogP contribution in [0.25, 0.3) is 0 Å². The third-order valence-electron chi connectivity index (χ3n) is 3.46. The van der Waals surface area contributed by atoms with Gasteiger partial charge < -0.3 is 9.73 Å². The first kappa shape index (κ1) is 14.2. The minimum Gasteiger partial charge on any atom is -0.465 e. The average molecular weight is 260 g/mol. The molecule has 0 atom stereocenters. The van der Waals surface area contributed by atoms with Gasteiger partial charge in [-0.3, -0.25) is 4.90 Å². The molecule has 1 aliphatic carbocycles. The molecule has 1 aliphatic rings. The minimum atomic E-state index is 0.702. The molecule has 1 aromatic heterocycles. The number of rotatable bonds is 8. The molecule has 2 rings (SSSR count). The Morgan fingerprint density at radius 3 is 2.95 bits per heavy atom. The van der Waals surface area contributed by atoms with E-state index in [9.17, 15) is 0 Å². The van der Waals surface area contributed by atoms with Crippen molar-refractivity contribution >= 4 is 0 Å². The lowest BCUT2D eigenvalue weighted by Crippen LogP contribution is -2.24. The van der Waals surface area contributed by atoms with Gasteiger partial charge >= 0.3 is 0 Å². The summed E-state index contributed by atoms with van der Waals surface area (Å²) >= 11 is 0. The van der Waals surface area contributed by atoms with Gasteiger partial charge in [-0.15, -0.1) is 6.42 Å². The summed E-state index contributed by atoms with van der Waals surface area (Å²) in [6.07, 6.45) is 9.15. The normalized spacial score (nSPS) is 14.8. The number of hydrogen-bond acceptors (Lipinski definition) is 3. The van der Waals surface area contributed by atoms with Crippen LogP contribution < -0.4 is 5.32 Å². The van der Waals surface area contributed by atoms with E-state index in [4.69, 9.17) is 10.8 Å². The molecule has 0 saturated heterocycles. The number of nitrogens with one attached hydrogen (secondary N) is 1. The molecule has 3 heteroatoms. The van der Waals surface area contributed by atoms with Crippen LogP contribution in [0.15, 0.2) is 10.5 Å². The van der Waals surface area contributed by atoms with E-state index in [1.54, 1.807) is 0 Å². The average Bonchev–Trinajstić information content (AvgIpc) is 3.14. The van der Waals surface area contributed by atoms with Crippen LogP contribution in [0.2, 0.25) is 0 Å². The van der Waals surface area contributed by atoms with Crippen LogP contribution in [0.1, 0.15) is 43.3 Å². The lowest BCUT2D eigenvalue weighted by atomic mass is 10.2. The van der Waals surface area contributed by atoms with E-state index in [0.29, 0.717) is 12.6 Å². The highest BCUT2D eigenvalue weighted by Crippen LogP contribution is 2.21. The molecule has 0 aliphatic heterocycles. The van der Waals surface area contributed by atoms with Crippen LogP contribution in [0.5, 0.6) is 0 Å². The van der Waals surface area contributed by atoms with Crippen molar-refractivity contribution < 1.29 is 4.42 Å². The van der Waals surface area contributed by atoms with Gasteiger partial charge in [0.15, 0.2) is 0 Å². The molecule has 19 heavy (non-hydrogen) atoms. The molecule has 1 saturated carbocycles. The van der Waals surface area contributed by atoms with E-state index < -0.39 is 0 Å². The van der Waals surface area contributed by atoms with E-state index in [1.807, 2.05) is 6.92 Å². The summed E-state index contributed by atoms with van der Waals surface area (Å²) < 4.78 is 5.81. The van der Waals surface area contributed by atoms with Gasteiger partial charge in [0.1, 0.15) is 11.5 Å². The zero-order chi connectivity index (χ0) is 13.7. The van der Waals surface area contributed by atoms with Crippen molar-refractivity contribution in [3.05, 3.63) is 23.2 Å². The number of terminal acetylenes is 1. The first-order chi connectivity index (χ1) is 9.22. The lowest BCUT2D eigenvalue weighted by molar-refractivity contribution is 0.297. The highest BCUT2D eigenvalue weighted by atomic mass is 16.3. The topological polar surface area (TPSA) is 28.4 Å². The molecule has 0 unspecified atom stereocenters. The van der Waals surface area contributed by atoms with Crippen LogP contribution in [0.3, 0.4) is 0 Å². The van der Waals surface area contributed by atoms with Gasteiger partial charge in [-0.25, -0.2) is 0 Å². The van der Waals surface area contributed by atoms with Crippen LogP contribution >= 0.6 is 0 Å². The van der Waals surface area contributed by atoms with Gasteiger partial charge in [-0.2, -0.15) is 0 Å². The second-order valence-corrected chi connectivity index (χ2v) is 5.36. The van der Waals surface area contributed by atoms with E-state index in [1.165, 1.54) is 18.4 Å². The second kappa shape index (κ2) is 6.79. The Hall–Kier alpha value is -1.24. The van der Waals surface area contributed by atoms with Crippen LogP contribution in [0.4, 0.5) is 0 Å². The summed E-state index contributed by atoms with van der Waals surface area (Å²) in [5.41, 5.74) is 1.26. The predicted octanol–water partition coefficient (Wildman–Crippen LogP) is 2.69. The Kier molecular flexibility index (Phi) is 5.07. The molecule has 1 fully saturated rings. The molecular weight excluding hydrogens is 236 g/mol. The zero-order valence-electron chi connectivity index (χ0n) is 12.0. The largest absolute Gasteiger partial charge is 0.465 e. The first-order valence-electron chi connectivity index (χ1n) is 7.20. The van der Waals surface area contributed by atoms with E-state index in [2.05, 4.69) is 29.1 Å². The van der Waals surface area contributed by atoms with Gasteiger partial charge in [0.2, 0.25) is 0 Å². The Morgan fingerprint density at radius 1 is 1.53 bits per heavy atom. The van der Waals surface area contributed by atoms with Crippen LogP contribution in [0, 0.1) is 19.3 Å². The van der Waals surface area contributed by atoms with E-state index in [-0.39, 0.29) is 0 Å². The van der Waals surface area contributed by atoms with E-state index >= 15 is 0 Å². The number of aryl methyl sites for hydroxylation is 1. The monoisotopic (exact) mass is 260 g/mol. The summed E-state index contributed by atoms with van der Waals surface area (Å²) in [4.78, 5) is 2.29. The van der Waals surface area contributed by atoms with Gasteiger partial charge in [0.25, 0.3) is 0 Å². The van der Waals surface area contributed by atoms with Crippen LogP contribution in [-0.2, 0) is 13.1 Å². The maximum absolute atomic E-state index is 5.81. The van der Waals surface area contributed by atoms with Gasteiger partial charge in [-0.1, -0.05) is 12.8 Å². The first-order valence-corrected chi connectivity index (χ1v) is 7.20. The molecular formula is C16H24N2O. The summed E-state index contributed by atoms with van der Waals surface area (Å²) in [7, 11) is 0. The highest BCUT2D eigenvalue weighted by Gasteiger charge is 2.21. The van der Waals surface area contributed by atoms with Crippen molar-refractivity contribution in [2.45, 2.75) is 52.2 Å². The standard InChI is InChI=1S/C16H24N2O/c1-4-8-18(9-5-2)12-14-10-16(19-13(14)3)11-17-15-6-7-15/h1,10,15,17H,5-9,11-12H2,2-3H3. The molecule has 1 heterocycles. The van der Waals surface area contributed by atoms with Gasteiger partial charge in [-0.05, 0) is 38.8 Å².